The van der Waals surface area contributed by atoms with Crippen LogP contribution in [0.25, 0.3) is 28.0 Å². The number of aromatic nitrogens is 1. The molecule has 0 bridgehead atoms. The van der Waals surface area contributed by atoms with Crippen LogP contribution in [0.4, 0.5) is 8.78 Å². The quantitative estimate of drug-likeness (QED) is 0.518. The molecule has 7 heteroatoms. The number of benzene rings is 1. The molecule has 0 spiro atoms. The molecule has 0 unspecified atom stereocenters. The Morgan fingerprint density at radius 1 is 1.38 bits per heavy atom. The number of halogens is 2. The minimum absolute atomic E-state index is 0.0792. The number of nitrogens with zero attached hydrogens (tertiary/aromatic N) is 1. The zero-order chi connectivity index (χ0) is 17.1. The molecule has 1 aromatic carbocycles. The highest BCUT2D eigenvalue weighted by Crippen LogP contribution is 2.37. The lowest BCUT2D eigenvalue weighted by atomic mass is 10.1. The number of hydrogen-bond acceptors (Lipinski definition) is 5. The highest BCUT2D eigenvalue weighted by molar-refractivity contribution is 6.11. The second kappa shape index (κ2) is 6.66. The second-order valence-electron chi connectivity index (χ2n) is 4.79. The summed E-state index contributed by atoms with van der Waals surface area (Å²) in [6.07, 6.45) is 5.87. The minimum atomic E-state index is -2.97. The fourth-order valence-electron chi connectivity index (χ4n) is 2.41. The van der Waals surface area contributed by atoms with E-state index in [9.17, 15) is 13.6 Å². The van der Waals surface area contributed by atoms with E-state index in [0.717, 1.165) is 0 Å². The van der Waals surface area contributed by atoms with E-state index >= 15 is 0 Å². The molecule has 2 aromatic heterocycles. The Morgan fingerprint density at radius 2 is 2.21 bits per heavy atom. The molecule has 0 saturated heterocycles. The average molecular weight is 333 g/mol. The van der Waals surface area contributed by atoms with Gasteiger partial charge in [0, 0.05) is 23.0 Å². The normalized spacial score (nSPS) is 11.7. The second-order valence-corrected chi connectivity index (χ2v) is 4.79. The van der Waals surface area contributed by atoms with Gasteiger partial charge in [0.25, 0.3) is 0 Å². The predicted molar refractivity (Wildman–Crippen MR) is 83.8 cm³/mol. The first kappa shape index (κ1) is 15.9. The average Bonchev–Trinajstić information content (AvgIpc) is 2.94. The van der Waals surface area contributed by atoms with Crippen molar-refractivity contribution in [3.8, 4) is 5.75 Å². The van der Waals surface area contributed by atoms with E-state index in [1.165, 1.54) is 18.3 Å². The van der Waals surface area contributed by atoms with Crippen LogP contribution in [0.2, 0.25) is 0 Å². The van der Waals surface area contributed by atoms with Gasteiger partial charge in [0.15, 0.2) is 16.9 Å². The van der Waals surface area contributed by atoms with Crippen molar-refractivity contribution in [1.29, 1.82) is 0 Å². The van der Waals surface area contributed by atoms with Crippen LogP contribution >= 0.6 is 0 Å². The van der Waals surface area contributed by atoms with E-state index < -0.39 is 12.6 Å². The number of esters is 1. The topological polar surface area (TPSA) is 61.6 Å². The summed E-state index contributed by atoms with van der Waals surface area (Å²) < 4.78 is 40.1. The number of carbonyl (C=O) groups excluding carboxylic acids is 1. The van der Waals surface area contributed by atoms with Gasteiger partial charge in [0.05, 0.1) is 12.8 Å². The third kappa shape index (κ3) is 3.05. The molecule has 2 heterocycles. The van der Waals surface area contributed by atoms with E-state index in [1.54, 1.807) is 31.3 Å². The Bertz CT molecular complexity index is 917. The molecule has 0 atom stereocenters. The zero-order valence-electron chi connectivity index (χ0n) is 12.7. The Morgan fingerprint density at radius 3 is 2.96 bits per heavy atom. The van der Waals surface area contributed by atoms with Crippen LogP contribution in [-0.4, -0.2) is 24.2 Å². The molecule has 0 fully saturated rings. The van der Waals surface area contributed by atoms with Gasteiger partial charge in [0.1, 0.15) is 0 Å². The van der Waals surface area contributed by atoms with Crippen molar-refractivity contribution >= 4 is 34.0 Å². The van der Waals surface area contributed by atoms with Crippen molar-refractivity contribution in [2.75, 3.05) is 6.61 Å². The SMILES string of the molecule is CCOC(=O)/C=C/c1ccc(OC(F)F)c2oc3cnccc3c12. The van der Waals surface area contributed by atoms with Gasteiger partial charge in [-0.1, -0.05) is 6.07 Å². The van der Waals surface area contributed by atoms with Gasteiger partial charge in [-0.3, -0.25) is 4.98 Å². The van der Waals surface area contributed by atoms with Crippen LogP contribution in [0, 0.1) is 0 Å². The van der Waals surface area contributed by atoms with Crippen molar-refractivity contribution < 1.29 is 27.5 Å². The van der Waals surface area contributed by atoms with Crippen molar-refractivity contribution in [1.82, 2.24) is 4.98 Å². The monoisotopic (exact) mass is 333 g/mol. The van der Waals surface area contributed by atoms with Crippen LogP contribution in [0.15, 0.2) is 41.1 Å². The third-order valence-corrected chi connectivity index (χ3v) is 3.32. The molecule has 0 aliphatic carbocycles. The number of pyridine rings is 1. The molecule has 0 radical (unpaired) electrons. The number of fused-ring (bicyclic) bond motifs is 3. The molecular formula is C17H13F2NO4. The summed E-state index contributed by atoms with van der Waals surface area (Å²) >= 11 is 0. The molecule has 3 aromatic rings. The highest BCUT2D eigenvalue weighted by Gasteiger charge is 2.17. The molecule has 3 rings (SSSR count). The Hall–Kier alpha value is -2.96. The highest BCUT2D eigenvalue weighted by atomic mass is 19.3. The first-order valence-electron chi connectivity index (χ1n) is 7.19. The van der Waals surface area contributed by atoms with Crippen LogP contribution < -0.4 is 4.74 Å². The molecule has 0 saturated carbocycles. The Balaban J connectivity index is 2.18. The summed E-state index contributed by atoms with van der Waals surface area (Å²) in [4.78, 5) is 15.5. The predicted octanol–water partition coefficient (Wildman–Crippen LogP) is 4.16. The summed E-state index contributed by atoms with van der Waals surface area (Å²) in [6, 6.07) is 4.65. The van der Waals surface area contributed by atoms with Crippen molar-refractivity contribution in [2.45, 2.75) is 13.5 Å². The van der Waals surface area contributed by atoms with Crippen molar-refractivity contribution in [3.63, 3.8) is 0 Å². The van der Waals surface area contributed by atoms with Crippen molar-refractivity contribution in [2.24, 2.45) is 0 Å². The van der Waals surface area contributed by atoms with E-state index in [-0.39, 0.29) is 17.9 Å². The van der Waals surface area contributed by atoms with E-state index in [1.807, 2.05) is 0 Å². The number of alkyl halides is 2. The molecule has 5 nitrogen and oxygen atoms in total. The van der Waals surface area contributed by atoms with Crippen LogP contribution in [0.1, 0.15) is 12.5 Å². The molecular weight excluding hydrogens is 320 g/mol. The fourth-order valence-corrected chi connectivity index (χ4v) is 2.41. The Kier molecular flexibility index (Phi) is 4.41. The van der Waals surface area contributed by atoms with E-state index in [0.29, 0.717) is 21.9 Å². The molecule has 0 aliphatic rings. The van der Waals surface area contributed by atoms with E-state index in [4.69, 9.17) is 9.15 Å². The molecule has 0 N–H and O–H groups in total. The third-order valence-electron chi connectivity index (χ3n) is 3.32. The Labute approximate surface area is 135 Å². The van der Waals surface area contributed by atoms with Gasteiger partial charge in [-0.15, -0.1) is 0 Å². The standard InChI is InChI=1S/C17H13F2NO4/c1-2-22-14(21)6-4-10-3-5-12(24-17(18)19)16-15(10)11-7-8-20-9-13(11)23-16/h3-9,17H,2H2,1H3/b6-4+. The summed E-state index contributed by atoms with van der Waals surface area (Å²) in [5, 5.41) is 1.24. The summed E-state index contributed by atoms with van der Waals surface area (Å²) in [6.45, 7) is -1.00. The number of hydrogen-bond donors (Lipinski definition) is 0. The lowest BCUT2D eigenvalue weighted by Gasteiger charge is -2.06. The maximum absolute atomic E-state index is 12.6. The number of ether oxygens (including phenoxy) is 2. The molecule has 24 heavy (non-hydrogen) atoms. The van der Waals surface area contributed by atoms with Crippen LogP contribution in [-0.2, 0) is 9.53 Å². The maximum atomic E-state index is 12.6. The summed E-state index contributed by atoms with van der Waals surface area (Å²) in [5.41, 5.74) is 1.22. The smallest absolute Gasteiger partial charge is 0.387 e. The van der Waals surface area contributed by atoms with Crippen molar-refractivity contribution in [3.05, 3.63) is 42.2 Å². The van der Waals surface area contributed by atoms with Crippen LogP contribution in [0.5, 0.6) is 5.75 Å². The van der Waals surface area contributed by atoms with Gasteiger partial charge in [-0.2, -0.15) is 8.78 Å². The summed E-state index contributed by atoms with van der Waals surface area (Å²) in [7, 11) is 0. The largest absolute Gasteiger partial charge is 0.463 e. The van der Waals surface area contributed by atoms with Gasteiger partial charge >= 0.3 is 12.6 Å². The number of rotatable bonds is 5. The maximum Gasteiger partial charge on any atom is 0.387 e. The first-order chi connectivity index (χ1) is 11.6. The summed E-state index contributed by atoms with van der Waals surface area (Å²) in [5.74, 6) is -0.572. The number of carbonyl (C=O) groups is 1. The van der Waals surface area contributed by atoms with E-state index in [2.05, 4.69) is 9.72 Å². The van der Waals surface area contributed by atoms with Gasteiger partial charge in [0.2, 0.25) is 0 Å². The first-order valence-corrected chi connectivity index (χ1v) is 7.19. The lowest BCUT2D eigenvalue weighted by Crippen LogP contribution is -2.02. The zero-order valence-corrected chi connectivity index (χ0v) is 12.7. The minimum Gasteiger partial charge on any atom is -0.463 e. The van der Waals surface area contributed by atoms with Gasteiger partial charge < -0.3 is 13.9 Å². The molecule has 0 aliphatic heterocycles. The molecule has 0 amide bonds. The number of furan rings is 1. The van der Waals surface area contributed by atoms with Crippen LogP contribution in [0.3, 0.4) is 0 Å². The van der Waals surface area contributed by atoms with Gasteiger partial charge in [-0.05, 0) is 30.7 Å². The fraction of sp³-hybridized carbons (Fsp3) is 0.176. The lowest BCUT2D eigenvalue weighted by molar-refractivity contribution is -0.137. The molecule has 124 valence electrons. The van der Waals surface area contributed by atoms with Gasteiger partial charge in [-0.25, -0.2) is 4.79 Å².